The van der Waals surface area contributed by atoms with Crippen LogP contribution in [0.1, 0.15) is 32.1 Å². The largest absolute Gasteiger partial charge is 0.384 e. The highest BCUT2D eigenvalue weighted by Crippen LogP contribution is 2.66. The van der Waals surface area contributed by atoms with Crippen LogP contribution in [0.4, 0.5) is 0 Å². The molecule has 2 fully saturated rings. The second kappa shape index (κ2) is 2.74. The van der Waals surface area contributed by atoms with E-state index >= 15 is 0 Å². The fourth-order valence-corrected chi connectivity index (χ4v) is 6.04. The Kier molecular flexibility index (Phi) is 2.07. The molecule has 0 aliphatic heterocycles. The monoisotopic (exact) mass is 208 g/mol. The SMILES string of the molecule is O=P(O)(O)SC12CCC(CC1)C2. The zero-order chi connectivity index (χ0) is 8.82. The Morgan fingerprint density at radius 1 is 1.33 bits per heavy atom. The number of hydrogen-bond acceptors (Lipinski definition) is 2. The fraction of sp³-hybridized carbons (Fsp3) is 1.00. The minimum Gasteiger partial charge on any atom is -0.317 e. The standard InChI is InChI=1S/C7H13O3PS/c8-11(9,10)12-7-3-1-6(5-7)2-4-7/h6H,1-5H2,(H2,8,9,10). The summed E-state index contributed by atoms with van der Waals surface area (Å²) in [7, 11) is 0. The van der Waals surface area contributed by atoms with E-state index in [0.29, 0.717) is 0 Å². The van der Waals surface area contributed by atoms with Gasteiger partial charge in [0.1, 0.15) is 0 Å². The molecule has 2 saturated carbocycles. The quantitative estimate of drug-likeness (QED) is 0.682. The Morgan fingerprint density at radius 3 is 2.25 bits per heavy atom. The third-order valence-electron chi connectivity index (χ3n) is 2.99. The molecule has 2 aliphatic rings. The van der Waals surface area contributed by atoms with Crippen molar-refractivity contribution in [2.75, 3.05) is 0 Å². The minimum atomic E-state index is -3.85. The van der Waals surface area contributed by atoms with Gasteiger partial charge < -0.3 is 9.79 Å². The molecule has 0 spiro atoms. The fourth-order valence-electron chi connectivity index (χ4n) is 2.52. The Hall–Kier alpha value is 0.500. The second-order valence-corrected chi connectivity index (χ2v) is 7.92. The van der Waals surface area contributed by atoms with Crippen LogP contribution in [0.2, 0.25) is 0 Å². The van der Waals surface area contributed by atoms with Crippen LogP contribution >= 0.6 is 18.2 Å². The van der Waals surface area contributed by atoms with E-state index in [1.54, 1.807) is 0 Å². The summed E-state index contributed by atoms with van der Waals surface area (Å²) < 4.78 is 10.8. The maximum absolute atomic E-state index is 10.8. The molecule has 0 aromatic carbocycles. The van der Waals surface area contributed by atoms with Gasteiger partial charge >= 0.3 is 6.80 Å². The van der Waals surface area contributed by atoms with Crippen LogP contribution in [0, 0.1) is 5.92 Å². The van der Waals surface area contributed by atoms with Gasteiger partial charge in [-0.05, 0) is 49.4 Å². The van der Waals surface area contributed by atoms with Gasteiger partial charge in [0.05, 0.1) is 0 Å². The lowest BCUT2D eigenvalue weighted by Crippen LogP contribution is -2.16. The van der Waals surface area contributed by atoms with Crippen LogP contribution in [0.3, 0.4) is 0 Å². The van der Waals surface area contributed by atoms with Crippen molar-refractivity contribution < 1.29 is 14.4 Å². The van der Waals surface area contributed by atoms with Crippen LogP contribution in [-0.2, 0) is 4.57 Å². The van der Waals surface area contributed by atoms with E-state index in [2.05, 4.69) is 0 Å². The molecule has 0 aromatic rings. The molecule has 0 aromatic heterocycles. The summed E-state index contributed by atoms with van der Waals surface area (Å²) in [6.07, 6.45) is 5.39. The predicted octanol–water partition coefficient (Wildman–Crippen LogP) is 2.14. The second-order valence-electron chi connectivity index (χ2n) is 3.91. The summed E-state index contributed by atoms with van der Waals surface area (Å²) >= 11 is 0.920. The lowest BCUT2D eigenvalue weighted by Gasteiger charge is -2.25. The van der Waals surface area contributed by atoms with E-state index in [4.69, 9.17) is 9.79 Å². The van der Waals surface area contributed by atoms with Gasteiger partial charge in [-0.2, -0.15) is 0 Å². The maximum atomic E-state index is 10.8. The first-order valence-corrected chi connectivity index (χ1v) is 7.29. The lowest BCUT2D eigenvalue weighted by atomic mass is 10.0. The summed E-state index contributed by atoms with van der Waals surface area (Å²) in [6, 6.07) is 0. The summed E-state index contributed by atoms with van der Waals surface area (Å²) in [5.41, 5.74) is 0. The molecule has 3 nitrogen and oxygen atoms in total. The molecule has 2 rings (SSSR count). The van der Waals surface area contributed by atoms with Gasteiger partial charge in [-0.1, -0.05) is 0 Å². The maximum Gasteiger partial charge on any atom is 0.384 e. The van der Waals surface area contributed by atoms with E-state index < -0.39 is 6.80 Å². The molecule has 70 valence electrons. The smallest absolute Gasteiger partial charge is 0.317 e. The van der Waals surface area contributed by atoms with Crippen molar-refractivity contribution in [1.29, 1.82) is 0 Å². The van der Waals surface area contributed by atoms with Gasteiger partial charge in [0, 0.05) is 4.75 Å². The summed E-state index contributed by atoms with van der Waals surface area (Å²) in [5.74, 6) is 0.754. The summed E-state index contributed by atoms with van der Waals surface area (Å²) in [4.78, 5) is 17.7. The molecule has 2 bridgehead atoms. The normalized spacial score (nSPS) is 40.7. The summed E-state index contributed by atoms with van der Waals surface area (Å²) in [5, 5.41) is 0. The third-order valence-corrected chi connectivity index (χ3v) is 6.07. The van der Waals surface area contributed by atoms with Gasteiger partial charge in [-0.3, -0.25) is 0 Å². The van der Waals surface area contributed by atoms with Crippen molar-refractivity contribution in [1.82, 2.24) is 0 Å². The Labute approximate surface area is 75.8 Å². The Bertz CT molecular complexity index is 229. The van der Waals surface area contributed by atoms with Crippen molar-refractivity contribution in [2.45, 2.75) is 36.9 Å². The number of hydrogen-bond donors (Lipinski definition) is 2. The first-order valence-electron chi connectivity index (χ1n) is 4.25. The molecule has 5 heteroatoms. The molecule has 0 radical (unpaired) electrons. The molecular weight excluding hydrogens is 195 g/mol. The molecule has 2 N–H and O–H groups in total. The van der Waals surface area contributed by atoms with Gasteiger partial charge in [-0.25, -0.2) is 4.57 Å². The van der Waals surface area contributed by atoms with Crippen LogP contribution in [0.5, 0.6) is 0 Å². The average Bonchev–Trinajstić information content (AvgIpc) is 2.40. The molecular formula is C7H13O3PS. The molecule has 0 amide bonds. The molecule has 0 saturated heterocycles. The van der Waals surface area contributed by atoms with Crippen LogP contribution < -0.4 is 0 Å². The molecule has 0 heterocycles. The van der Waals surface area contributed by atoms with Crippen LogP contribution in [0.25, 0.3) is 0 Å². The third kappa shape index (κ3) is 1.72. The lowest BCUT2D eigenvalue weighted by molar-refractivity contribution is 0.395. The van der Waals surface area contributed by atoms with Crippen molar-refractivity contribution in [2.24, 2.45) is 5.92 Å². The van der Waals surface area contributed by atoms with E-state index in [-0.39, 0.29) is 4.75 Å². The number of rotatable bonds is 2. The van der Waals surface area contributed by atoms with Crippen molar-refractivity contribution in [3.05, 3.63) is 0 Å². The molecule has 2 aliphatic carbocycles. The highest BCUT2D eigenvalue weighted by molar-refractivity contribution is 8.55. The van der Waals surface area contributed by atoms with Crippen molar-refractivity contribution in [3.8, 4) is 0 Å². The highest BCUT2D eigenvalue weighted by Gasteiger charge is 2.48. The molecule has 12 heavy (non-hydrogen) atoms. The zero-order valence-corrected chi connectivity index (χ0v) is 8.48. The summed E-state index contributed by atoms with van der Waals surface area (Å²) in [6.45, 7) is -3.85. The zero-order valence-electron chi connectivity index (χ0n) is 6.77. The Morgan fingerprint density at radius 2 is 1.92 bits per heavy atom. The van der Waals surface area contributed by atoms with Crippen LogP contribution in [0.15, 0.2) is 0 Å². The molecule has 0 atom stereocenters. The average molecular weight is 208 g/mol. The van der Waals surface area contributed by atoms with Gasteiger partial charge in [0.2, 0.25) is 0 Å². The first kappa shape index (κ1) is 9.07. The van der Waals surface area contributed by atoms with Crippen molar-refractivity contribution >= 4 is 18.2 Å². The number of fused-ring (bicyclic) bond motifs is 2. The van der Waals surface area contributed by atoms with Crippen molar-refractivity contribution in [3.63, 3.8) is 0 Å². The van der Waals surface area contributed by atoms with Gasteiger partial charge in [0.15, 0.2) is 0 Å². The van der Waals surface area contributed by atoms with E-state index in [1.807, 2.05) is 0 Å². The molecule has 0 unspecified atom stereocenters. The topological polar surface area (TPSA) is 57.5 Å². The minimum absolute atomic E-state index is 0.0519. The van der Waals surface area contributed by atoms with Gasteiger partial charge in [0.25, 0.3) is 0 Å². The van der Waals surface area contributed by atoms with E-state index in [1.165, 1.54) is 12.8 Å². The Balaban J connectivity index is 2.08. The van der Waals surface area contributed by atoms with E-state index in [9.17, 15) is 4.57 Å². The van der Waals surface area contributed by atoms with Crippen LogP contribution in [-0.4, -0.2) is 14.5 Å². The predicted molar refractivity (Wildman–Crippen MR) is 48.9 cm³/mol. The highest BCUT2D eigenvalue weighted by atomic mass is 32.7. The van der Waals surface area contributed by atoms with E-state index in [0.717, 1.165) is 36.6 Å². The van der Waals surface area contributed by atoms with Gasteiger partial charge in [-0.15, -0.1) is 0 Å². The first-order chi connectivity index (χ1) is 5.49.